The van der Waals surface area contributed by atoms with Crippen LogP contribution in [0.15, 0.2) is 53.9 Å². The first kappa shape index (κ1) is 18.8. The van der Waals surface area contributed by atoms with Gasteiger partial charge >= 0.3 is 5.97 Å². The molecule has 0 fully saturated rings. The molecule has 0 bridgehead atoms. The maximum atomic E-state index is 12.3. The summed E-state index contributed by atoms with van der Waals surface area (Å²) in [6, 6.07) is 15.0. The third-order valence-electron chi connectivity index (χ3n) is 4.06. The number of para-hydroxylation sites is 1. The minimum absolute atomic E-state index is 0.170. The number of ether oxygens (including phenoxy) is 1. The number of aromatic nitrogens is 1. The average molecular weight is 380 g/mol. The third kappa shape index (κ3) is 4.80. The molecule has 27 heavy (non-hydrogen) atoms. The van der Waals surface area contributed by atoms with Gasteiger partial charge in [0.1, 0.15) is 5.01 Å². The van der Waals surface area contributed by atoms with Gasteiger partial charge in [0.25, 0.3) is 0 Å². The van der Waals surface area contributed by atoms with Crippen LogP contribution in [0.5, 0.6) is 0 Å². The molecule has 0 aliphatic carbocycles. The summed E-state index contributed by atoms with van der Waals surface area (Å²) in [5, 5.41) is 5.70. The molecule has 0 atom stereocenters. The van der Waals surface area contributed by atoms with Crippen molar-refractivity contribution in [3.05, 3.63) is 70.7 Å². The summed E-state index contributed by atoms with van der Waals surface area (Å²) in [6.07, 6.45) is 0.821. The highest BCUT2D eigenvalue weighted by Gasteiger charge is 2.13. The molecule has 1 heterocycles. The SMILES string of the molecule is COC(=O)c1ccccc1NC(=O)CCc1csc(-c2ccc(C)cc2)n1. The van der Waals surface area contributed by atoms with Gasteiger partial charge in [-0.05, 0) is 25.5 Å². The Balaban J connectivity index is 1.60. The van der Waals surface area contributed by atoms with Crippen LogP contribution in [0.3, 0.4) is 0 Å². The number of hydrogen-bond donors (Lipinski definition) is 1. The van der Waals surface area contributed by atoms with Gasteiger partial charge in [-0.1, -0.05) is 42.0 Å². The molecule has 0 saturated heterocycles. The Bertz CT molecular complexity index is 948. The van der Waals surface area contributed by atoms with Crippen LogP contribution in [0.4, 0.5) is 5.69 Å². The number of carbonyl (C=O) groups excluding carboxylic acids is 2. The van der Waals surface area contributed by atoms with E-state index in [0.717, 1.165) is 16.3 Å². The average Bonchev–Trinajstić information content (AvgIpc) is 3.16. The lowest BCUT2D eigenvalue weighted by Crippen LogP contribution is -2.15. The van der Waals surface area contributed by atoms with Gasteiger partial charge in [-0.15, -0.1) is 11.3 Å². The standard InChI is InChI=1S/C21H20N2O3S/c1-14-7-9-15(10-8-14)20-22-16(13-27-20)11-12-19(24)23-18-6-4-3-5-17(18)21(25)26-2/h3-10,13H,11-12H2,1-2H3,(H,23,24). The molecule has 6 heteroatoms. The topological polar surface area (TPSA) is 68.3 Å². The summed E-state index contributed by atoms with van der Waals surface area (Å²) in [6.45, 7) is 2.05. The number of aryl methyl sites for hydroxylation is 2. The minimum atomic E-state index is -0.479. The molecular formula is C21H20N2O3S. The molecule has 3 rings (SSSR count). The van der Waals surface area contributed by atoms with Gasteiger partial charge in [0.15, 0.2) is 0 Å². The highest BCUT2D eigenvalue weighted by Crippen LogP contribution is 2.24. The van der Waals surface area contributed by atoms with Gasteiger partial charge in [-0.3, -0.25) is 4.79 Å². The van der Waals surface area contributed by atoms with Crippen LogP contribution in [0.2, 0.25) is 0 Å². The number of nitrogens with zero attached hydrogens (tertiary/aromatic N) is 1. The lowest BCUT2D eigenvalue weighted by molar-refractivity contribution is -0.116. The van der Waals surface area contributed by atoms with Crippen molar-refractivity contribution in [2.24, 2.45) is 0 Å². The molecule has 138 valence electrons. The van der Waals surface area contributed by atoms with E-state index < -0.39 is 5.97 Å². The largest absolute Gasteiger partial charge is 0.465 e. The quantitative estimate of drug-likeness (QED) is 0.641. The molecule has 0 aliphatic heterocycles. The van der Waals surface area contributed by atoms with Gasteiger partial charge in [0.05, 0.1) is 24.1 Å². The predicted molar refractivity (Wildman–Crippen MR) is 107 cm³/mol. The number of rotatable bonds is 6. The number of nitrogens with one attached hydrogen (secondary N) is 1. The Morgan fingerprint density at radius 1 is 1.11 bits per heavy atom. The van der Waals surface area contributed by atoms with Crippen molar-refractivity contribution in [3.8, 4) is 10.6 Å². The lowest BCUT2D eigenvalue weighted by atomic mass is 10.1. The Labute approximate surface area is 162 Å². The van der Waals surface area contributed by atoms with Crippen LogP contribution in [-0.4, -0.2) is 24.0 Å². The fourth-order valence-electron chi connectivity index (χ4n) is 2.58. The summed E-state index contributed by atoms with van der Waals surface area (Å²) >= 11 is 1.57. The van der Waals surface area contributed by atoms with E-state index in [1.165, 1.54) is 12.7 Å². The van der Waals surface area contributed by atoms with E-state index in [-0.39, 0.29) is 12.3 Å². The molecular weight excluding hydrogens is 360 g/mol. The van der Waals surface area contributed by atoms with E-state index in [4.69, 9.17) is 4.74 Å². The van der Waals surface area contributed by atoms with Crippen molar-refractivity contribution >= 4 is 28.9 Å². The predicted octanol–water partition coefficient (Wildman–Crippen LogP) is 4.48. The molecule has 0 aliphatic rings. The second-order valence-electron chi connectivity index (χ2n) is 6.10. The summed E-state index contributed by atoms with van der Waals surface area (Å²) in [5.41, 5.74) is 3.95. The zero-order valence-electron chi connectivity index (χ0n) is 15.2. The van der Waals surface area contributed by atoms with Crippen molar-refractivity contribution in [2.75, 3.05) is 12.4 Å². The van der Waals surface area contributed by atoms with Crippen LogP contribution in [0.1, 0.15) is 28.0 Å². The van der Waals surface area contributed by atoms with Crippen molar-refractivity contribution in [1.29, 1.82) is 0 Å². The molecule has 1 amide bonds. The molecule has 1 aromatic heterocycles. The number of hydrogen-bond acceptors (Lipinski definition) is 5. The maximum absolute atomic E-state index is 12.3. The van der Waals surface area contributed by atoms with Crippen LogP contribution in [0, 0.1) is 6.92 Å². The second kappa shape index (κ2) is 8.60. The number of methoxy groups -OCH3 is 1. The number of esters is 1. The van der Waals surface area contributed by atoms with Crippen molar-refractivity contribution in [2.45, 2.75) is 19.8 Å². The van der Waals surface area contributed by atoms with E-state index in [1.807, 2.05) is 24.4 Å². The lowest BCUT2D eigenvalue weighted by Gasteiger charge is -2.09. The number of anilines is 1. The minimum Gasteiger partial charge on any atom is -0.465 e. The number of thiazole rings is 1. The van der Waals surface area contributed by atoms with Crippen molar-refractivity contribution in [3.63, 3.8) is 0 Å². The van der Waals surface area contributed by atoms with Gasteiger partial charge in [-0.25, -0.2) is 9.78 Å². The molecule has 0 spiro atoms. The molecule has 2 aromatic carbocycles. The van der Waals surface area contributed by atoms with Crippen LogP contribution in [0.25, 0.3) is 10.6 Å². The molecule has 1 N–H and O–H groups in total. The Kier molecular flexibility index (Phi) is 5.98. The fraction of sp³-hybridized carbons (Fsp3) is 0.190. The van der Waals surface area contributed by atoms with Gasteiger partial charge < -0.3 is 10.1 Å². The molecule has 0 unspecified atom stereocenters. The number of amides is 1. The summed E-state index contributed by atoms with van der Waals surface area (Å²) in [4.78, 5) is 28.7. The van der Waals surface area contributed by atoms with Crippen LogP contribution >= 0.6 is 11.3 Å². The zero-order chi connectivity index (χ0) is 19.2. The Morgan fingerprint density at radius 3 is 2.59 bits per heavy atom. The Hall–Kier alpha value is -2.99. The van der Waals surface area contributed by atoms with E-state index in [9.17, 15) is 9.59 Å². The third-order valence-corrected chi connectivity index (χ3v) is 5.01. The molecule has 5 nitrogen and oxygen atoms in total. The summed E-state index contributed by atoms with van der Waals surface area (Å²) in [5.74, 6) is -0.649. The van der Waals surface area contributed by atoms with Crippen LogP contribution < -0.4 is 5.32 Å². The van der Waals surface area contributed by atoms with E-state index in [2.05, 4.69) is 22.4 Å². The first-order valence-corrected chi connectivity index (χ1v) is 9.43. The second-order valence-corrected chi connectivity index (χ2v) is 6.95. The number of carbonyl (C=O) groups is 2. The molecule has 3 aromatic rings. The van der Waals surface area contributed by atoms with E-state index in [1.54, 1.807) is 35.6 Å². The van der Waals surface area contributed by atoms with E-state index >= 15 is 0 Å². The van der Waals surface area contributed by atoms with Gasteiger partial charge in [0, 0.05) is 17.4 Å². The first-order chi connectivity index (χ1) is 13.1. The number of benzene rings is 2. The normalized spacial score (nSPS) is 10.4. The first-order valence-electron chi connectivity index (χ1n) is 8.55. The van der Waals surface area contributed by atoms with Crippen molar-refractivity contribution in [1.82, 2.24) is 4.98 Å². The van der Waals surface area contributed by atoms with Crippen molar-refractivity contribution < 1.29 is 14.3 Å². The fourth-order valence-corrected chi connectivity index (χ4v) is 3.45. The smallest absolute Gasteiger partial charge is 0.339 e. The van der Waals surface area contributed by atoms with Gasteiger partial charge in [0.2, 0.25) is 5.91 Å². The summed E-state index contributed by atoms with van der Waals surface area (Å²) in [7, 11) is 1.31. The highest BCUT2D eigenvalue weighted by atomic mass is 32.1. The van der Waals surface area contributed by atoms with E-state index in [0.29, 0.717) is 17.7 Å². The zero-order valence-corrected chi connectivity index (χ0v) is 16.0. The highest BCUT2D eigenvalue weighted by molar-refractivity contribution is 7.13. The maximum Gasteiger partial charge on any atom is 0.339 e. The monoisotopic (exact) mass is 380 g/mol. The summed E-state index contributed by atoms with van der Waals surface area (Å²) < 4.78 is 4.74. The molecule has 0 radical (unpaired) electrons. The van der Waals surface area contributed by atoms with Crippen LogP contribution in [-0.2, 0) is 16.0 Å². The molecule has 0 saturated carbocycles. The Morgan fingerprint density at radius 2 is 1.85 bits per heavy atom. The van der Waals surface area contributed by atoms with Gasteiger partial charge in [-0.2, -0.15) is 0 Å².